The van der Waals surface area contributed by atoms with Gasteiger partial charge in [-0.1, -0.05) is 11.6 Å². The summed E-state index contributed by atoms with van der Waals surface area (Å²) in [4.78, 5) is 11.9. The predicted molar refractivity (Wildman–Crippen MR) is 83.1 cm³/mol. The minimum absolute atomic E-state index is 0.0330. The lowest BCUT2D eigenvalue weighted by molar-refractivity contribution is -0.113. The second kappa shape index (κ2) is 7.53. The first-order valence-electron chi connectivity index (χ1n) is 6.51. The number of nitrogens with zero attached hydrogens (tertiary/aromatic N) is 1. The van der Waals surface area contributed by atoms with Crippen molar-refractivity contribution in [1.82, 2.24) is 5.32 Å². The molecule has 0 aromatic heterocycles. The molecule has 1 amide bonds. The van der Waals surface area contributed by atoms with E-state index in [0.29, 0.717) is 27.3 Å². The highest BCUT2D eigenvalue weighted by Gasteiger charge is 2.15. The number of rotatable bonds is 4. The number of piperidine rings is 1. The molecule has 0 spiro atoms. The lowest BCUT2D eigenvalue weighted by Crippen LogP contribution is -2.30. The van der Waals surface area contributed by atoms with Crippen LogP contribution in [0.4, 0.5) is 5.69 Å². The van der Waals surface area contributed by atoms with Crippen LogP contribution in [-0.4, -0.2) is 30.0 Å². The van der Waals surface area contributed by atoms with Gasteiger partial charge < -0.3 is 10.6 Å². The molecule has 6 heteroatoms. The van der Waals surface area contributed by atoms with Crippen LogP contribution < -0.4 is 10.6 Å². The SMILES string of the molecule is N#Cc1ccc(NC(=O)CSC2CCNCC2)cc1Cl. The van der Waals surface area contributed by atoms with Crippen molar-refractivity contribution in [1.29, 1.82) is 5.26 Å². The molecule has 2 N–H and O–H groups in total. The summed E-state index contributed by atoms with van der Waals surface area (Å²) in [5.74, 6) is 0.414. The fourth-order valence-corrected chi connectivity index (χ4v) is 3.29. The average molecular weight is 310 g/mol. The molecule has 1 aromatic carbocycles. The summed E-state index contributed by atoms with van der Waals surface area (Å²) >= 11 is 7.63. The third-order valence-electron chi connectivity index (χ3n) is 3.11. The van der Waals surface area contributed by atoms with Crippen LogP contribution in [-0.2, 0) is 4.79 Å². The van der Waals surface area contributed by atoms with Crippen LogP contribution in [0.2, 0.25) is 5.02 Å². The van der Waals surface area contributed by atoms with Gasteiger partial charge in [-0.15, -0.1) is 11.8 Å². The van der Waals surface area contributed by atoms with E-state index >= 15 is 0 Å². The first-order chi connectivity index (χ1) is 9.69. The Balaban J connectivity index is 1.82. The number of anilines is 1. The molecular weight excluding hydrogens is 294 g/mol. The summed E-state index contributed by atoms with van der Waals surface area (Å²) in [7, 11) is 0. The molecular formula is C14H16ClN3OS. The zero-order valence-corrected chi connectivity index (χ0v) is 12.6. The topological polar surface area (TPSA) is 64.9 Å². The molecule has 0 atom stereocenters. The summed E-state index contributed by atoms with van der Waals surface area (Å²) in [6.45, 7) is 2.06. The van der Waals surface area contributed by atoms with Gasteiger partial charge in [-0.25, -0.2) is 0 Å². The number of benzene rings is 1. The van der Waals surface area contributed by atoms with Crippen LogP contribution >= 0.6 is 23.4 Å². The van der Waals surface area contributed by atoms with Crippen molar-refractivity contribution in [2.75, 3.05) is 24.2 Å². The quantitative estimate of drug-likeness (QED) is 0.897. The molecule has 1 heterocycles. The number of nitriles is 1. The van der Waals surface area contributed by atoms with E-state index in [-0.39, 0.29) is 5.91 Å². The average Bonchev–Trinajstić information content (AvgIpc) is 2.46. The molecule has 1 aliphatic rings. The van der Waals surface area contributed by atoms with Crippen molar-refractivity contribution in [3.8, 4) is 6.07 Å². The second-order valence-corrected chi connectivity index (χ2v) is 6.31. The summed E-state index contributed by atoms with van der Waals surface area (Å²) in [6.07, 6.45) is 2.22. The Kier molecular flexibility index (Phi) is 5.72. The number of carbonyl (C=O) groups excluding carboxylic acids is 1. The standard InChI is InChI=1S/C14H16ClN3OS/c15-13-7-11(2-1-10(13)8-16)18-14(19)9-20-12-3-5-17-6-4-12/h1-2,7,12,17H,3-6,9H2,(H,18,19). The minimum Gasteiger partial charge on any atom is -0.325 e. The Morgan fingerprint density at radius 2 is 2.25 bits per heavy atom. The summed E-state index contributed by atoms with van der Waals surface area (Å²) < 4.78 is 0. The van der Waals surface area contributed by atoms with Crippen LogP contribution in [0.15, 0.2) is 18.2 Å². The van der Waals surface area contributed by atoms with E-state index in [4.69, 9.17) is 16.9 Å². The highest BCUT2D eigenvalue weighted by Crippen LogP contribution is 2.22. The van der Waals surface area contributed by atoms with Gasteiger partial charge in [-0.3, -0.25) is 4.79 Å². The molecule has 106 valence electrons. The molecule has 1 aromatic rings. The van der Waals surface area contributed by atoms with E-state index in [9.17, 15) is 4.79 Å². The Bertz CT molecular complexity index is 524. The smallest absolute Gasteiger partial charge is 0.234 e. The Morgan fingerprint density at radius 3 is 2.90 bits per heavy atom. The summed E-state index contributed by atoms with van der Waals surface area (Å²) in [5.41, 5.74) is 1.04. The van der Waals surface area contributed by atoms with Crippen molar-refractivity contribution in [2.24, 2.45) is 0 Å². The van der Waals surface area contributed by atoms with E-state index in [2.05, 4.69) is 10.6 Å². The first-order valence-corrected chi connectivity index (χ1v) is 7.93. The van der Waals surface area contributed by atoms with Crippen molar-refractivity contribution in [3.63, 3.8) is 0 Å². The molecule has 0 unspecified atom stereocenters. The molecule has 0 aliphatic carbocycles. The van der Waals surface area contributed by atoms with Crippen molar-refractivity contribution >= 4 is 35.0 Å². The third kappa shape index (κ3) is 4.41. The van der Waals surface area contributed by atoms with Crippen LogP contribution in [0.25, 0.3) is 0 Å². The number of carbonyl (C=O) groups is 1. The molecule has 0 bridgehead atoms. The molecule has 0 saturated carbocycles. The monoisotopic (exact) mass is 309 g/mol. The lowest BCUT2D eigenvalue weighted by Gasteiger charge is -2.21. The number of hydrogen-bond acceptors (Lipinski definition) is 4. The number of nitrogens with one attached hydrogen (secondary N) is 2. The summed E-state index contributed by atoms with van der Waals surface area (Å²) in [5, 5.41) is 15.8. The van der Waals surface area contributed by atoms with Gasteiger partial charge in [0.05, 0.1) is 16.3 Å². The van der Waals surface area contributed by atoms with Gasteiger partial charge >= 0.3 is 0 Å². The first kappa shape index (κ1) is 15.2. The van der Waals surface area contributed by atoms with E-state index in [1.165, 1.54) is 0 Å². The lowest BCUT2D eigenvalue weighted by atomic mass is 10.2. The predicted octanol–water partition coefficient (Wildman–Crippen LogP) is 2.64. The van der Waals surface area contributed by atoms with Gasteiger partial charge in [0, 0.05) is 10.9 Å². The highest BCUT2D eigenvalue weighted by molar-refractivity contribution is 8.00. The van der Waals surface area contributed by atoms with Crippen LogP contribution in [0, 0.1) is 11.3 Å². The normalized spacial score (nSPS) is 15.6. The third-order valence-corrected chi connectivity index (χ3v) is 4.79. The van der Waals surface area contributed by atoms with E-state index in [0.717, 1.165) is 25.9 Å². The largest absolute Gasteiger partial charge is 0.325 e. The molecule has 4 nitrogen and oxygen atoms in total. The number of thioether (sulfide) groups is 1. The van der Waals surface area contributed by atoms with E-state index in [1.54, 1.807) is 30.0 Å². The van der Waals surface area contributed by atoms with Crippen molar-refractivity contribution in [2.45, 2.75) is 18.1 Å². The number of amides is 1. The van der Waals surface area contributed by atoms with Gasteiger partial charge in [0.1, 0.15) is 6.07 Å². The van der Waals surface area contributed by atoms with Crippen LogP contribution in [0.5, 0.6) is 0 Å². The van der Waals surface area contributed by atoms with Gasteiger partial charge in [0.2, 0.25) is 5.91 Å². The number of halogens is 1. The molecule has 1 aliphatic heterocycles. The maximum absolute atomic E-state index is 11.9. The fourth-order valence-electron chi connectivity index (χ4n) is 2.04. The van der Waals surface area contributed by atoms with Crippen LogP contribution in [0.3, 0.4) is 0 Å². The van der Waals surface area contributed by atoms with Gasteiger partial charge in [0.15, 0.2) is 0 Å². The van der Waals surface area contributed by atoms with Crippen molar-refractivity contribution in [3.05, 3.63) is 28.8 Å². The summed E-state index contributed by atoms with van der Waals surface area (Å²) in [6, 6.07) is 6.89. The zero-order chi connectivity index (χ0) is 14.4. The Labute approximate surface area is 127 Å². The van der Waals surface area contributed by atoms with E-state index in [1.807, 2.05) is 6.07 Å². The molecule has 2 rings (SSSR count). The second-order valence-electron chi connectivity index (χ2n) is 4.61. The maximum Gasteiger partial charge on any atom is 0.234 e. The Morgan fingerprint density at radius 1 is 1.50 bits per heavy atom. The zero-order valence-electron chi connectivity index (χ0n) is 11.0. The van der Waals surface area contributed by atoms with E-state index < -0.39 is 0 Å². The highest BCUT2D eigenvalue weighted by atomic mass is 35.5. The molecule has 0 radical (unpaired) electrons. The Hall–Kier alpha value is -1.22. The van der Waals surface area contributed by atoms with Gasteiger partial charge in [0.25, 0.3) is 0 Å². The maximum atomic E-state index is 11.9. The molecule has 1 fully saturated rings. The van der Waals surface area contributed by atoms with Gasteiger partial charge in [-0.2, -0.15) is 5.26 Å². The molecule has 20 heavy (non-hydrogen) atoms. The van der Waals surface area contributed by atoms with Gasteiger partial charge in [-0.05, 0) is 44.1 Å². The minimum atomic E-state index is -0.0330. The van der Waals surface area contributed by atoms with Crippen LogP contribution in [0.1, 0.15) is 18.4 Å². The van der Waals surface area contributed by atoms with Crippen molar-refractivity contribution < 1.29 is 4.79 Å². The molecule has 1 saturated heterocycles. The number of hydrogen-bond donors (Lipinski definition) is 2. The fraction of sp³-hybridized carbons (Fsp3) is 0.429.